The maximum absolute atomic E-state index is 12.1. The predicted octanol–water partition coefficient (Wildman–Crippen LogP) is 3.04. The molecule has 0 radical (unpaired) electrons. The molecule has 0 aliphatic heterocycles. The van der Waals surface area contributed by atoms with Crippen molar-refractivity contribution in [1.29, 1.82) is 0 Å². The fourth-order valence-corrected chi connectivity index (χ4v) is 1.81. The standard InChI is InChI=1S/C16H14F3NO5/c1-10(14(21)20-9-13-3-2-8-23-13)24-15(22)11-4-6-12(7-5-11)25-16(17,18)19/h2-8,10H,9H2,1H3,(H,20,21)/t10-/m1/s1. The van der Waals surface area contributed by atoms with Crippen LogP contribution in [0.5, 0.6) is 5.75 Å². The minimum Gasteiger partial charge on any atom is -0.467 e. The Hall–Kier alpha value is -2.97. The van der Waals surface area contributed by atoms with Gasteiger partial charge in [0.1, 0.15) is 11.5 Å². The first kappa shape index (κ1) is 18.4. The second kappa shape index (κ2) is 7.73. The zero-order valence-electron chi connectivity index (χ0n) is 13.0. The smallest absolute Gasteiger partial charge is 0.467 e. The maximum atomic E-state index is 12.1. The van der Waals surface area contributed by atoms with Crippen LogP contribution in [0.15, 0.2) is 47.1 Å². The number of hydrogen-bond donors (Lipinski definition) is 1. The zero-order chi connectivity index (χ0) is 18.4. The van der Waals surface area contributed by atoms with Gasteiger partial charge in [-0.2, -0.15) is 0 Å². The van der Waals surface area contributed by atoms with Crippen LogP contribution in [0, 0.1) is 0 Å². The molecular weight excluding hydrogens is 343 g/mol. The van der Waals surface area contributed by atoms with Crippen molar-refractivity contribution in [2.24, 2.45) is 0 Å². The van der Waals surface area contributed by atoms with Gasteiger partial charge in [-0.05, 0) is 43.3 Å². The van der Waals surface area contributed by atoms with Crippen LogP contribution in [0.1, 0.15) is 23.0 Å². The van der Waals surface area contributed by atoms with Gasteiger partial charge < -0.3 is 19.2 Å². The Labute approximate surface area is 140 Å². The van der Waals surface area contributed by atoms with E-state index >= 15 is 0 Å². The summed E-state index contributed by atoms with van der Waals surface area (Å²) in [5.41, 5.74) is -0.0137. The molecule has 2 rings (SSSR count). The molecule has 25 heavy (non-hydrogen) atoms. The predicted molar refractivity (Wildman–Crippen MR) is 78.6 cm³/mol. The van der Waals surface area contributed by atoms with Crippen molar-refractivity contribution in [2.75, 3.05) is 0 Å². The topological polar surface area (TPSA) is 77.8 Å². The molecule has 0 aliphatic rings. The molecule has 0 saturated heterocycles. The zero-order valence-corrected chi connectivity index (χ0v) is 13.0. The summed E-state index contributed by atoms with van der Waals surface area (Å²) in [6.07, 6.45) is -4.45. The monoisotopic (exact) mass is 357 g/mol. The van der Waals surface area contributed by atoms with Crippen LogP contribution in [0.3, 0.4) is 0 Å². The van der Waals surface area contributed by atoms with Crippen molar-refractivity contribution in [1.82, 2.24) is 5.32 Å². The highest BCUT2D eigenvalue weighted by molar-refractivity contribution is 5.92. The highest BCUT2D eigenvalue weighted by Crippen LogP contribution is 2.23. The van der Waals surface area contributed by atoms with E-state index in [9.17, 15) is 22.8 Å². The van der Waals surface area contributed by atoms with E-state index in [4.69, 9.17) is 9.15 Å². The molecule has 1 aromatic heterocycles. The molecule has 134 valence electrons. The van der Waals surface area contributed by atoms with Gasteiger partial charge in [-0.15, -0.1) is 13.2 Å². The summed E-state index contributed by atoms with van der Waals surface area (Å²) < 4.78 is 49.9. The van der Waals surface area contributed by atoms with E-state index in [0.29, 0.717) is 5.76 Å². The maximum Gasteiger partial charge on any atom is 0.573 e. The molecule has 0 spiro atoms. The van der Waals surface area contributed by atoms with Gasteiger partial charge >= 0.3 is 12.3 Å². The molecule has 2 aromatic rings. The first-order valence-electron chi connectivity index (χ1n) is 7.11. The van der Waals surface area contributed by atoms with Crippen molar-refractivity contribution >= 4 is 11.9 Å². The second-order valence-corrected chi connectivity index (χ2v) is 4.92. The lowest BCUT2D eigenvalue weighted by molar-refractivity contribution is -0.274. The molecule has 0 bridgehead atoms. The van der Waals surface area contributed by atoms with E-state index in [1.165, 1.54) is 13.2 Å². The van der Waals surface area contributed by atoms with Gasteiger partial charge in [0, 0.05) is 0 Å². The van der Waals surface area contributed by atoms with E-state index in [0.717, 1.165) is 24.3 Å². The molecule has 1 heterocycles. The summed E-state index contributed by atoms with van der Waals surface area (Å²) in [6.45, 7) is 1.51. The molecule has 1 atom stereocenters. The van der Waals surface area contributed by atoms with Crippen molar-refractivity contribution in [3.63, 3.8) is 0 Å². The number of halogens is 3. The highest BCUT2D eigenvalue weighted by Gasteiger charge is 2.31. The molecule has 0 unspecified atom stereocenters. The SMILES string of the molecule is C[C@@H](OC(=O)c1ccc(OC(F)(F)F)cc1)C(=O)NCc1ccco1. The number of esters is 1. The quantitative estimate of drug-likeness (QED) is 0.804. The van der Waals surface area contributed by atoms with E-state index in [1.807, 2.05) is 0 Å². The molecule has 1 N–H and O–H groups in total. The number of hydrogen-bond acceptors (Lipinski definition) is 5. The van der Waals surface area contributed by atoms with Crippen LogP contribution < -0.4 is 10.1 Å². The number of alkyl halides is 3. The molecule has 6 nitrogen and oxygen atoms in total. The first-order valence-corrected chi connectivity index (χ1v) is 7.11. The third kappa shape index (κ3) is 5.87. The molecule has 1 aromatic carbocycles. The first-order chi connectivity index (χ1) is 11.7. The Morgan fingerprint density at radius 3 is 2.44 bits per heavy atom. The summed E-state index contributed by atoms with van der Waals surface area (Å²) in [5, 5.41) is 2.52. The fourth-order valence-electron chi connectivity index (χ4n) is 1.81. The number of ether oxygens (including phenoxy) is 2. The molecule has 9 heteroatoms. The third-order valence-corrected chi connectivity index (χ3v) is 2.99. The summed E-state index contributed by atoms with van der Waals surface area (Å²) >= 11 is 0. The number of rotatable bonds is 6. The lowest BCUT2D eigenvalue weighted by Crippen LogP contribution is -2.35. The molecule has 0 aliphatic carbocycles. The van der Waals surface area contributed by atoms with Crippen molar-refractivity contribution in [3.05, 3.63) is 54.0 Å². The molecule has 1 amide bonds. The molecule has 0 saturated carbocycles. The number of nitrogens with one attached hydrogen (secondary N) is 1. The largest absolute Gasteiger partial charge is 0.573 e. The van der Waals surface area contributed by atoms with Crippen LogP contribution in [-0.2, 0) is 16.1 Å². The van der Waals surface area contributed by atoms with Crippen LogP contribution in [-0.4, -0.2) is 24.3 Å². The number of carbonyl (C=O) groups excluding carboxylic acids is 2. The normalized spacial score (nSPS) is 12.3. The van der Waals surface area contributed by atoms with Crippen LogP contribution in [0.2, 0.25) is 0 Å². The van der Waals surface area contributed by atoms with Gasteiger partial charge in [0.05, 0.1) is 18.4 Å². The van der Waals surface area contributed by atoms with Gasteiger partial charge in [-0.25, -0.2) is 4.79 Å². The lowest BCUT2D eigenvalue weighted by Gasteiger charge is -2.13. The van der Waals surface area contributed by atoms with Crippen molar-refractivity contribution < 1.29 is 36.7 Å². The summed E-state index contributed by atoms with van der Waals surface area (Å²) in [5.74, 6) is -1.32. The van der Waals surface area contributed by atoms with Gasteiger partial charge in [0.15, 0.2) is 6.10 Å². The average molecular weight is 357 g/mol. The number of benzene rings is 1. The Morgan fingerprint density at radius 1 is 1.20 bits per heavy atom. The van der Waals surface area contributed by atoms with Gasteiger partial charge in [-0.3, -0.25) is 4.79 Å². The molecule has 0 fully saturated rings. The van der Waals surface area contributed by atoms with E-state index in [1.54, 1.807) is 12.1 Å². The number of carbonyl (C=O) groups is 2. The van der Waals surface area contributed by atoms with E-state index < -0.39 is 30.1 Å². The van der Waals surface area contributed by atoms with Crippen LogP contribution in [0.4, 0.5) is 13.2 Å². The summed E-state index contributed by atoms with van der Waals surface area (Å²) in [4.78, 5) is 23.7. The Morgan fingerprint density at radius 2 is 1.88 bits per heavy atom. The van der Waals surface area contributed by atoms with Crippen molar-refractivity contribution in [3.8, 4) is 5.75 Å². The fraction of sp³-hybridized carbons (Fsp3) is 0.250. The Kier molecular flexibility index (Phi) is 5.68. The minimum absolute atomic E-state index is 0.0137. The van der Waals surface area contributed by atoms with Gasteiger partial charge in [-0.1, -0.05) is 0 Å². The minimum atomic E-state index is -4.82. The Bertz CT molecular complexity index is 710. The second-order valence-electron chi connectivity index (χ2n) is 4.92. The summed E-state index contributed by atoms with van der Waals surface area (Å²) in [6, 6.07) is 7.50. The van der Waals surface area contributed by atoms with E-state index in [2.05, 4.69) is 10.1 Å². The van der Waals surface area contributed by atoms with Crippen LogP contribution in [0.25, 0.3) is 0 Å². The van der Waals surface area contributed by atoms with Crippen LogP contribution >= 0.6 is 0 Å². The number of amides is 1. The third-order valence-electron chi connectivity index (χ3n) is 2.99. The van der Waals surface area contributed by atoms with Crippen molar-refractivity contribution in [2.45, 2.75) is 25.9 Å². The summed E-state index contributed by atoms with van der Waals surface area (Å²) in [7, 11) is 0. The lowest BCUT2D eigenvalue weighted by atomic mass is 10.2. The number of furan rings is 1. The Balaban J connectivity index is 1.86. The van der Waals surface area contributed by atoms with Gasteiger partial charge in [0.25, 0.3) is 5.91 Å². The molecular formula is C16H14F3NO5. The van der Waals surface area contributed by atoms with Gasteiger partial charge in [0.2, 0.25) is 0 Å². The highest BCUT2D eigenvalue weighted by atomic mass is 19.4. The van der Waals surface area contributed by atoms with E-state index in [-0.39, 0.29) is 12.1 Å². The average Bonchev–Trinajstić information content (AvgIpc) is 3.05.